The van der Waals surface area contributed by atoms with Gasteiger partial charge >= 0.3 is 0 Å². The minimum Gasteiger partial charge on any atom is -0.334 e. The molecular formula is C19H23N3O. The average molecular weight is 309 g/mol. The predicted octanol–water partition coefficient (Wildman–Crippen LogP) is 2.93. The number of nitrogens with zero attached hydrogens (tertiary/aromatic N) is 3. The third kappa shape index (κ3) is 2.51. The molecule has 0 bridgehead atoms. The monoisotopic (exact) mass is 309 g/mol. The Morgan fingerprint density at radius 2 is 1.87 bits per heavy atom. The normalized spacial score (nSPS) is 25.3. The summed E-state index contributed by atoms with van der Waals surface area (Å²) >= 11 is 0. The van der Waals surface area contributed by atoms with Gasteiger partial charge in [-0.1, -0.05) is 18.2 Å². The van der Waals surface area contributed by atoms with Crippen molar-refractivity contribution in [3.05, 3.63) is 42.1 Å². The van der Waals surface area contributed by atoms with Crippen LogP contribution in [0, 0.1) is 0 Å². The molecule has 0 N–H and O–H groups in total. The molecule has 1 aromatic heterocycles. The van der Waals surface area contributed by atoms with E-state index in [0.29, 0.717) is 12.1 Å². The van der Waals surface area contributed by atoms with Gasteiger partial charge in [-0.05, 0) is 51.4 Å². The van der Waals surface area contributed by atoms with Crippen molar-refractivity contribution in [1.82, 2.24) is 14.8 Å². The van der Waals surface area contributed by atoms with Crippen LogP contribution in [0.2, 0.25) is 0 Å². The molecule has 1 aromatic carbocycles. The smallest absolute Gasteiger partial charge is 0.256 e. The summed E-state index contributed by atoms with van der Waals surface area (Å²) in [6, 6.07) is 10.7. The summed E-state index contributed by atoms with van der Waals surface area (Å²) < 4.78 is 0. The Morgan fingerprint density at radius 3 is 2.70 bits per heavy atom. The fourth-order valence-electron chi connectivity index (χ4n) is 4.30. The zero-order valence-corrected chi connectivity index (χ0v) is 13.6. The molecule has 2 aliphatic rings. The van der Waals surface area contributed by atoms with Gasteiger partial charge in [0, 0.05) is 30.2 Å². The molecule has 2 fully saturated rings. The lowest BCUT2D eigenvalue weighted by Gasteiger charge is -2.33. The highest BCUT2D eigenvalue weighted by Gasteiger charge is 2.38. The summed E-state index contributed by atoms with van der Waals surface area (Å²) in [7, 11) is 2.19. The van der Waals surface area contributed by atoms with E-state index in [4.69, 9.17) is 0 Å². The van der Waals surface area contributed by atoms with Gasteiger partial charge in [-0.3, -0.25) is 9.78 Å². The van der Waals surface area contributed by atoms with Gasteiger partial charge in [0.1, 0.15) is 0 Å². The second-order valence-corrected chi connectivity index (χ2v) is 6.78. The van der Waals surface area contributed by atoms with Crippen LogP contribution >= 0.6 is 0 Å². The van der Waals surface area contributed by atoms with Gasteiger partial charge in [0.15, 0.2) is 0 Å². The van der Waals surface area contributed by atoms with Crippen molar-refractivity contribution in [3.8, 4) is 0 Å². The molecule has 0 radical (unpaired) electrons. The highest BCUT2D eigenvalue weighted by Crippen LogP contribution is 2.31. The Labute approximate surface area is 137 Å². The van der Waals surface area contributed by atoms with E-state index < -0.39 is 0 Å². The summed E-state index contributed by atoms with van der Waals surface area (Å²) in [5, 5.41) is 1.03. The minimum atomic E-state index is 0.150. The van der Waals surface area contributed by atoms with Gasteiger partial charge in [0.2, 0.25) is 0 Å². The Kier molecular flexibility index (Phi) is 3.77. The van der Waals surface area contributed by atoms with E-state index in [1.165, 1.54) is 12.8 Å². The van der Waals surface area contributed by atoms with Crippen LogP contribution in [0.1, 0.15) is 36.0 Å². The molecule has 2 atom stereocenters. The Balaban J connectivity index is 1.67. The number of aromatic nitrogens is 1. The molecule has 120 valence electrons. The molecule has 3 heterocycles. The van der Waals surface area contributed by atoms with E-state index in [-0.39, 0.29) is 5.91 Å². The number of amides is 1. The van der Waals surface area contributed by atoms with Crippen LogP contribution in [0.3, 0.4) is 0 Å². The number of fused-ring (bicyclic) bond motifs is 1. The molecule has 4 rings (SSSR count). The van der Waals surface area contributed by atoms with Crippen LogP contribution in [0.4, 0.5) is 0 Å². The number of rotatable bonds is 2. The van der Waals surface area contributed by atoms with E-state index >= 15 is 0 Å². The largest absolute Gasteiger partial charge is 0.334 e. The van der Waals surface area contributed by atoms with Crippen molar-refractivity contribution in [1.29, 1.82) is 0 Å². The van der Waals surface area contributed by atoms with Crippen molar-refractivity contribution >= 4 is 16.8 Å². The first kappa shape index (κ1) is 14.6. The van der Waals surface area contributed by atoms with Crippen LogP contribution in [-0.2, 0) is 0 Å². The molecule has 23 heavy (non-hydrogen) atoms. The summed E-state index contributed by atoms with van der Waals surface area (Å²) in [4.78, 5) is 22.2. The van der Waals surface area contributed by atoms with E-state index in [1.54, 1.807) is 6.20 Å². The van der Waals surface area contributed by atoms with Crippen molar-refractivity contribution in [3.63, 3.8) is 0 Å². The van der Waals surface area contributed by atoms with Crippen LogP contribution in [0.15, 0.2) is 36.5 Å². The van der Waals surface area contributed by atoms with E-state index in [1.807, 2.05) is 30.3 Å². The first-order valence-electron chi connectivity index (χ1n) is 8.60. The quantitative estimate of drug-likeness (QED) is 0.856. The zero-order chi connectivity index (χ0) is 15.8. The lowest BCUT2D eigenvalue weighted by Crippen LogP contribution is -2.47. The summed E-state index contributed by atoms with van der Waals surface area (Å²) in [6.07, 6.45) is 6.46. The Hall–Kier alpha value is -1.94. The number of hydrogen-bond donors (Lipinski definition) is 0. The molecular weight excluding hydrogens is 286 g/mol. The van der Waals surface area contributed by atoms with E-state index in [9.17, 15) is 4.79 Å². The predicted molar refractivity (Wildman–Crippen MR) is 91.5 cm³/mol. The molecule has 2 aliphatic heterocycles. The van der Waals surface area contributed by atoms with E-state index in [0.717, 1.165) is 42.4 Å². The van der Waals surface area contributed by atoms with Crippen LogP contribution in [0.5, 0.6) is 0 Å². The first-order valence-corrected chi connectivity index (χ1v) is 8.60. The van der Waals surface area contributed by atoms with Crippen LogP contribution in [-0.4, -0.2) is 52.9 Å². The minimum absolute atomic E-state index is 0.150. The molecule has 0 spiro atoms. The lowest BCUT2D eigenvalue weighted by molar-refractivity contribution is 0.0666. The second kappa shape index (κ2) is 5.93. The molecule has 2 aromatic rings. The fourth-order valence-corrected chi connectivity index (χ4v) is 4.30. The third-order valence-corrected chi connectivity index (χ3v) is 5.44. The topological polar surface area (TPSA) is 36.4 Å². The second-order valence-electron chi connectivity index (χ2n) is 6.78. The molecule has 0 saturated carbocycles. The first-order chi connectivity index (χ1) is 11.3. The lowest BCUT2D eigenvalue weighted by atomic mass is 10.0. The number of carbonyl (C=O) groups is 1. The van der Waals surface area contributed by atoms with Crippen molar-refractivity contribution in [2.75, 3.05) is 20.1 Å². The van der Waals surface area contributed by atoms with Crippen LogP contribution < -0.4 is 0 Å². The summed E-state index contributed by atoms with van der Waals surface area (Å²) in [5.41, 5.74) is 1.57. The maximum Gasteiger partial charge on any atom is 0.256 e. The summed E-state index contributed by atoms with van der Waals surface area (Å²) in [6.45, 7) is 2.02. The maximum atomic E-state index is 13.2. The molecule has 2 saturated heterocycles. The number of para-hydroxylation sites is 1. The zero-order valence-electron chi connectivity index (χ0n) is 13.6. The number of hydrogen-bond acceptors (Lipinski definition) is 3. The maximum absolute atomic E-state index is 13.2. The summed E-state index contributed by atoms with van der Waals surface area (Å²) in [5.74, 6) is 0.150. The standard InChI is InChI=1S/C19H23N3O/c1-21-12-4-9-16(21)17-10-5-13-22(17)19(23)15-8-2-6-14-7-3-11-20-18(14)15/h2-3,6-8,11,16-17H,4-5,9-10,12-13H2,1H3. The van der Waals surface area contributed by atoms with Gasteiger partial charge in [-0.25, -0.2) is 0 Å². The number of likely N-dealkylation sites (N-methyl/N-ethyl adjacent to an activating group) is 1. The highest BCUT2D eigenvalue weighted by atomic mass is 16.2. The number of likely N-dealkylation sites (tertiary alicyclic amines) is 2. The Morgan fingerprint density at radius 1 is 1.09 bits per heavy atom. The molecule has 4 heteroatoms. The van der Waals surface area contributed by atoms with Crippen LogP contribution in [0.25, 0.3) is 10.9 Å². The van der Waals surface area contributed by atoms with Crippen molar-refractivity contribution in [2.24, 2.45) is 0 Å². The van der Waals surface area contributed by atoms with Crippen molar-refractivity contribution in [2.45, 2.75) is 37.8 Å². The molecule has 4 nitrogen and oxygen atoms in total. The van der Waals surface area contributed by atoms with Gasteiger partial charge in [0.25, 0.3) is 5.91 Å². The van der Waals surface area contributed by atoms with Gasteiger partial charge in [-0.15, -0.1) is 0 Å². The fraction of sp³-hybridized carbons (Fsp3) is 0.474. The number of carbonyl (C=O) groups excluding carboxylic acids is 1. The molecule has 2 unspecified atom stereocenters. The average Bonchev–Trinajstić information content (AvgIpc) is 3.22. The molecule has 0 aliphatic carbocycles. The number of pyridine rings is 1. The van der Waals surface area contributed by atoms with Gasteiger partial charge in [-0.2, -0.15) is 0 Å². The van der Waals surface area contributed by atoms with E-state index in [2.05, 4.69) is 21.8 Å². The Bertz CT molecular complexity index is 724. The van der Waals surface area contributed by atoms with Crippen molar-refractivity contribution < 1.29 is 4.79 Å². The van der Waals surface area contributed by atoms with Gasteiger partial charge in [0.05, 0.1) is 11.1 Å². The number of benzene rings is 1. The SMILES string of the molecule is CN1CCCC1C1CCCN1C(=O)c1cccc2cccnc12. The van der Waals surface area contributed by atoms with Gasteiger partial charge < -0.3 is 9.80 Å². The third-order valence-electron chi connectivity index (χ3n) is 5.44. The molecule has 1 amide bonds. The highest BCUT2D eigenvalue weighted by molar-refractivity contribution is 6.05.